The molecule has 29 heavy (non-hydrogen) atoms. The number of nitrogens with zero attached hydrogens (tertiary/aromatic N) is 2. The molecule has 0 unspecified atom stereocenters. The number of aryl methyl sites for hydroxylation is 1. The third kappa shape index (κ3) is 5.46. The quantitative estimate of drug-likeness (QED) is 0.377. The van der Waals surface area contributed by atoms with E-state index in [1.54, 1.807) is 36.4 Å². The Bertz CT molecular complexity index is 1070. The van der Waals surface area contributed by atoms with Crippen LogP contribution in [0.1, 0.15) is 27.0 Å². The van der Waals surface area contributed by atoms with Crippen molar-refractivity contribution in [1.29, 1.82) is 0 Å². The monoisotopic (exact) mass is 385 g/mol. The lowest BCUT2D eigenvalue weighted by Gasteiger charge is -2.05. The van der Waals surface area contributed by atoms with Crippen molar-refractivity contribution in [2.45, 2.75) is 6.92 Å². The minimum absolute atomic E-state index is 0.0121. The average Bonchev–Trinajstić information content (AvgIpc) is 2.75. The van der Waals surface area contributed by atoms with E-state index < -0.39 is 4.92 Å². The third-order valence-corrected chi connectivity index (χ3v) is 4.18. The van der Waals surface area contributed by atoms with Crippen LogP contribution in [-0.2, 0) is 0 Å². The van der Waals surface area contributed by atoms with E-state index in [1.165, 1.54) is 12.1 Å². The Morgan fingerprint density at radius 3 is 2.38 bits per heavy atom. The van der Waals surface area contributed by atoms with Crippen LogP contribution < -0.4 is 5.43 Å². The molecule has 0 aromatic heterocycles. The molecule has 0 heterocycles. The molecule has 0 aliphatic carbocycles. The number of allylic oxidation sites excluding steroid dienone is 1. The number of carbonyl (C=O) groups excluding carboxylic acids is 1. The smallest absolute Gasteiger partial charge is 0.267 e. The zero-order valence-electron chi connectivity index (χ0n) is 15.8. The molecule has 0 aliphatic heterocycles. The van der Waals surface area contributed by atoms with E-state index in [0.29, 0.717) is 16.8 Å². The second-order valence-corrected chi connectivity index (χ2v) is 6.36. The Balaban J connectivity index is 1.86. The fourth-order valence-corrected chi connectivity index (χ4v) is 2.60. The minimum atomic E-state index is -0.439. The van der Waals surface area contributed by atoms with Crippen LogP contribution in [0.4, 0.5) is 5.69 Å². The maximum Gasteiger partial charge on any atom is 0.271 e. The van der Waals surface area contributed by atoms with Crippen molar-refractivity contribution >= 4 is 23.4 Å². The summed E-state index contributed by atoms with van der Waals surface area (Å²) in [6, 6.07) is 22.9. The number of nitrogens with one attached hydrogen (secondary N) is 1. The summed E-state index contributed by atoms with van der Waals surface area (Å²) < 4.78 is 0. The molecule has 0 saturated heterocycles. The van der Waals surface area contributed by atoms with Gasteiger partial charge >= 0.3 is 0 Å². The van der Waals surface area contributed by atoms with Gasteiger partial charge in [0.15, 0.2) is 0 Å². The second-order valence-electron chi connectivity index (χ2n) is 6.36. The van der Waals surface area contributed by atoms with Crippen molar-refractivity contribution in [3.8, 4) is 0 Å². The lowest BCUT2D eigenvalue weighted by molar-refractivity contribution is -0.384. The molecule has 144 valence electrons. The van der Waals surface area contributed by atoms with Crippen LogP contribution in [0.3, 0.4) is 0 Å². The molecule has 0 aliphatic rings. The lowest BCUT2D eigenvalue weighted by atomic mass is 10.1. The van der Waals surface area contributed by atoms with Crippen LogP contribution in [-0.4, -0.2) is 16.5 Å². The molecule has 3 aromatic carbocycles. The number of amides is 1. The van der Waals surface area contributed by atoms with Gasteiger partial charge < -0.3 is 0 Å². The molecule has 0 bridgehead atoms. The number of hydrazone groups is 1. The van der Waals surface area contributed by atoms with Gasteiger partial charge in [-0.25, -0.2) is 5.43 Å². The second kappa shape index (κ2) is 9.23. The summed E-state index contributed by atoms with van der Waals surface area (Å²) in [4.78, 5) is 22.9. The fraction of sp³-hybridized carbons (Fsp3) is 0.0435. The van der Waals surface area contributed by atoms with Gasteiger partial charge in [-0.2, -0.15) is 5.10 Å². The number of nitro benzene ring substituents is 1. The summed E-state index contributed by atoms with van der Waals surface area (Å²) in [6.45, 7) is 1.95. The van der Waals surface area contributed by atoms with Crippen LogP contribution in [0.15, 0.2) is 90.0 Å². The van der Waals surface area contributed by atoms with Crippen LogP contribution in [0.25, 0.3) is 6.08 Å². The van der Waals surface area contributed by atoms with Crippen molar-refractivity contribution in [2.24, 2.45) is 5.10 Å². The maximum absolute atomic E-state index is 12.4. The van der Waals surface area contributed by atoms with Crippen LogP contribution >= 0.6 is 0 Å². The Hall–Kier alpha value is -4.06. The molecule has 0 fully saturated rings. The van der Waals surface area contributed by atoms with Gasteiger partial charge in [0.25, 0.3) is 11.6 Å². The zero-order valence-corrected chi connectivity index (χ0v) is 15.8. The van der Waals surface area contributed by atoms with Crippen molar-refractivity contribution in [3.05, 3.63) is 117 Å². The van der Waals surface area contributed by atoms with Gasteiger partial charge in [0.1, 0.15) is 0 Å². The van der Waals surface area contributed by atoms with E-state index in [1.807, 2.05) is 49.4 Å². The van der Waals surface area contributed by atoms with E-state index in [-0.39, 0.29) is 11.6 Å². The number of carbonyl (C=O) groups is 1. The predicted molar refractivity (Wildman–Crippen MR) is 114 cm³/mol. The molecule has 1 N–H and O–H groups in total. The van der Waals surface area contributed by atoms with Gasteiger partial charge in [-0.1, -0.05) is 66.2 Å². The summed E-state index contributed by atoms with van der Waals surface area (Å²) in [5.41, 5.74) is 6.15. The van der Waals surface area contributed by atoms with Crippen molar-refractivity contribution in [1.82, 2.24) is 5.43 Å². The first kappa shape index (κ1) is 19.7. The minimum Gasteiger partial charge on any atom is -0.267 e. The average molecular weight is 385 g/mol. The summed E-state index contributed by atoms with van der Waals surface area (Å²) >= 11 is 0. The van der Waals surface area contributed by atoms with E-state index >= 15 is 0 Å². The molecule has 3 aromatic rings. The molecular weight excluding hydrogens is 366 g/mol. The zero-order chi connectivity index (χ0) is 20.6. The van der Waals surface area contributed by atoms with Crippen LogP contribution in [0.5, 0.6) is 0 Å². The van der Waals surface area contributed by atoms with E-state index in [2.05, 4.69) is 10.5 Å². The highest BCUT2D eigenvalue weighted by Crippen LogP contribution is 2.15. The van der Waals surface area contributed by atoms with E-state index in [9.17, 15) is 14.9 Å². The number of rotatable bonds is 6. The Morgan fingerprint density at radius 1 is 0.966 bits per heavy atom. The van der Waals surface area contributed by atoms with Gasteiger partial charge in [-0.15, -0.1) is 0 Å². The SMILES string of the molecule is Cc1ccc(C(=O)N/N=C(\C=C\c2cccc([N+](=O)[O-])c2)c2ccccc2)cc1. The molecule has 0 saturated carbocycles. The molecule has 3 rings (SSSR count). The molecular formula is C23H19N3O3. The van der Waals surface area contributed by atoms with Gasteiger partial charge in [-0.05, 0) is 30.7 Å². The first-order valence-corrected chi connectivity index (χ1v) is 8.95. The number of hydrogen-bond donors (Lipinski definition) is 1. The fourth-order valence-electron chi connectivity index (χ4n) is 2.60. The van der Waals surface area contributed by atoms with Gasteiger partial charge in [0, 0.05) is 23.3 Å². The standard InChI is InChI=1S/C23H19N3O3/c1-17-10-13-20(14-11-17)23(27)25-24-22(19-7-3-2-4-8-19)15-12-18-6-5-9-21(16-18)26(28)29/h2-16H,1H3,(H,25,27)/b15-12+,24-22+. The Morgan fingerprint density at radius 2 is 1.69 bits per heavy atom. The van der Waals surface area contributed by atoms with Crippen LogP contribution in [0, 0.1) is 17.0 Å². The molecule has 0 atom stereocenters. The molecule has 0 spiro atoms. The largest absolute Gasteiger partial charge is 0.271 e. The highest BCUT2D eigenvalue weighted by molar-refractivity contribution is 6.11. The van der Waals surface area contributed by atoms with E-state index in [0.717, 1.165) is 11.1 Å². The van der Waals surface area contributed by atoms with Crippen molar-refractivity contribution in [2.75, 3.05) is 0 Å². The predicted octanol–water partition coefficient (Wildman–Crippen LogP) is 4.75. The Labute approximate surface area is 168 Å². The van der Waals surface area contributed by atoms with E-state index in [4.69, 9.17) is 0 Å². The maximum atomic E-state index is 12.4. The summed E-state index contributed by atoms with van der Waals surface area (Å²) in [5.74, 6) is -0.317. The third-order valence-electron chi connectivity index (χ3n) is 4.18. The number of non-ortho nitro benzene ring substituents is 1. The summed E-state index contributed by atoms with van der Waals surface area (Å²) in [7, 11) is 0. The molecule has 1 amide bonds. The Kier molecular flexibility index (Phi) is 6.27. The molecule has 6 nitrogen and oxygen atoms in total. The number of hydrogen-bond acceptors (Lipinski definition) is 4. The topological polar surface area (TPSA) is 84.6 Å². The van der Waals surface area contributed by atoms with Gasteiger partial charge in [0.05, 0.1) is 10.6 Å². The number of benzene rings is 3. The highest BCUT2D eigenvalue weighted by atomic mass is 16.6. The normalized spacial score (nSPS) is 11.4. The summed E-state index contributed by atoms with van der Waals surface area (Å²) in [5, 5.41) is 15.2. The first-order valence-electron chi connectivity index (χ1n) is 8.95. The van der Waals surface area contributed by atoms with Gasteiger partial charge in [-0.3, -0.25) is 14.9 Å². The van der Waals surface area contributed by atoms with Crippen LogP contribution in [0.2, 0.25) is 0 Å². The van der Waals surface area contributed by atoms with Crippen molar-refractivity contribution in [3.63, 3.8) is 0 Å². The van der Waals surface area contributed by atoms with Crippen molar-refractivity contribution < 1.29 is 9.72 Å². The van der Waals surface area contributed by atoms with Gasteiger partial charge in [0.2, 0.25) is 0 Å². The summed E-state index contributed by atoms with van der Waals surface area (Å²) in [6.07, 6.45) is 3.43. The molecule has 0 radical (unpaired) electrons. The lowest BCUT2D eigenvalue weighted by Crippen LogP contribution is -2.19. The highest BCUT2D eigenvalue weighted by Gasteiger charge is 2.07. The first-order chi connectivity index (χ1) is 14.0. The number of nitro groups is 1. The molecule has 6 heteroatoms.